The summed E-state index contributed by atoms with van der Waals surface area (Å²) in [4.78, 5) is 0. The van der Waals surface area contributed by atoms with Crippen LogP contribution >= 0.6 is 12.6 Å². The summed E-state index contributed by atoms with van der Waals surface area (Å²) in [5.41, 5.74) is 0.232. The van der Waals surface area contributed by atoms with Crippen molar-refractivity contribution in [2.45, 2.75) is 39.5 Å². The van der Waals surface area contributed by atoms with E-state index >= 15 is 0 Å². The van der Waals surface area contributed by atoms with E-state index in [1.807, 2.05) is 0 Å². The van der Waals surface area contributed by atoms with Crippen molar-refractivity contribution in [1.29, 1.82) is 0 Å². The molecule has 0 aromatic rings. The lowest BCUT2D eigenvalue weighted by atomic mass is 9.82. The molecular formula is C16H34O4S. The van der Waals surface area contributed by atoms with Crippen LogP contribution in [0.3, 0.4) is 0 Å². The predicted octanol–water partition coefficient (Wildman–Crippen LogP) is 3.20. The lowest BCUT2D eigenvalue weighted by molar-refractivity contribution is -0.0142. The minimum absolute atomic E-state index is 0.232. The third-order valence-corrected chi connectivity index (χ3v) is 4.15. The van der Waals surface area contributed by atoms with Crippen molar-refractivity contribution in [2.24, 2.45) is 5.41 Å². The van der Waals surface area contributed by atoms with E-state index in [0.717, 1.165) is 12.4 Å². The third kappa shape index (κ3) is 11.4. The van der Waals surface area contributed by atoms with Crippen molar-refractivity contribution in [3.05, 3.63) is 0 Å². The van der Waals surface area contributed by atoms with Crippen molar-refractivity contribution in [1.82, 2.24) is 0 Å². The van der Waals surface area contributed by atoms with E-state index in [1.165, 1.54) is 25.7 Å². The number of hydrogen-bond acceptors (Lipinski definition) is 5. The Kier molecular flexibility index (Phi) is 15.2. The Balaban J connectivity index is 3.57. The first kappa shape index (κ1) is 21.2. The van der Waals surface area contributed by atoms with Crippen molar-refractivity contribution in [3.63, 3.8) is 0 Å². The molecule has 0 aliphatic carbocycles. The van der Waals surface area contributed by atoms with Gasteiger partial charge >= 0.3 is 0 Å². The standard InChI is InChI=1S/C16H34O4S/c1-4-6-16(15-21,7-5-2)14-20-13-12-19-11-10-18-9-8-17-3/h21H,4-15H2,1-3H3. The maximum Gasteiger partial charge on any atom is 0.0701 e. The molecule has 0 bridgehead atoms. The lowest BCUT2D eigenvalue weighted by Crippen LogP contribution is -2.29. The van der Waals surface area contributed by atoms with Gasteiger partial charge in [0.05, 0.1) is 46.2 Å². The first-order valence-electron chi connectivity index (χ1n) is 8.07. The molecule has 0 rings (SSSR count). The van der Waals surface area contributed by atoms with Crippen LogP contribution in [0.1, 0.15) is 39.5 Å². The van der Waals surface area contributed by atoms with Gasteiger partial charge in [0.15, 0.2) is 0 Å². The van der Waals surface area contributed by atoms with Crippen LogP contribution in [0, 0.1) is 5.41 Å². The number of rotatable bonds is 16. The van der Waals surface area contributed by atoms with Crippen LogP contribution in [-0.4, -0.2) is 59.1 Å². The summed E-state index contributed by atoms with van der Waals surface area (Å²) in [7, 11) is 1.67. The van der Waals surface area contributed by atoms with E-state index in [1.54, 1.807) is 7.11 Å². The SMILES string of the molecule is CCCC(CS)(CCC)COCCOCCOCCOC. The molecule has 0 radical (unpaired) electrons. The zero-order valence-electron chi connectivity index (χ0n) is 14.1. The van der Waals surface area contributed by atoms with Gasteiger partial charge in [0.25, 0.3) is 0 Å². The number of thiol groups is 1. The molecule has 0 heterocycles. The first-order valence-corrected chi connectivity index (χ1v) is 8.71. The summed E-state index contributed by atoms with van der Waals surface area (Å²) in [6, 6.07) is 0. The maximum atomic E-state index is 5.81. The lowest BCUT2D eigenvalue weighted by Gasteiger charge is -2.31. The highest BCUT2D eigenvalue weighted by molar-refractivity contribution is 7.80. The molecule has 5 heteroatoms. The summed E-state index contributed by atoms with van der Waals surface area (Å²) < 4.78 is 21.5. The van der Waals surface area contributed by atoms with E-state index in [9.17, 15) is 0 Å². The Morgan fingerprint density at radius 2 is 1.24 bits per heavy atom. The van der Waals surface area contributed by atoms with E-state index in [0.29, 0.717) is 39.6 Å². The fourth-order valence-corrected chi connectivity index (χ4v) is 2.81. The molecule has 0 saturated carbocycles. The molecule has 0 unspecified atom stereocenters. The number of hydrogen-bond donors (Lipinski definition) is 1. The molecule has 0 aromatic heterocycles. The zero-order valence-corrected chi connectivity index (χ0v) is 15.0. The van der Waals surface area contributed by atoms with Gasteiger partial charge in [-0.25, -0.2) is 0 Å². The van der Waals surface area contributed by atoms with Crippen LogP contribution in [0.4, 0.5) is 0 Å². The topological polar surface area (TPSA) is 36.9 Å². The molecule has 0 atom stereocenters. The molecule has 0 aromatic carbocycles. The average molecular weight is 323 g/mol. The quantitative estimate of drug-likeness (QED) is 0.350. The van der Waals surface area contributed by atoms with E-state index < -0.39 is 0 Å². The summed E-state index contributed by atoms with van der Waals surface area (Å²) >= 11 is 4.53. The highest BCUT2D eigenvalue weighted by Gasteiger charge is 2.26. The van der Waals surface area contributed by atoms with Gasteiger partial charge in [-0.05, 0) is 18.6 Å². The smallest absolute Gasteiger partial charge is 0.0701 e. The Morgan fingerprint density at radius 3 is 1.67 bits per heavy atom. The van der Waals surface area contributed by atoms with Crippen LogP contribution < -0.4 is 0 Å². The van der Waals surface area contributed by atoms with Crippen LogP contribution in [-0.2, 0) is 18.9 Å². The minimum atomic E-state index is 0.232. The number of ether oxygens (including phenoxy) is 4. The first-order chi connectivity index (χ1) is 10.2. The van der Waals surface area contributed by atoms with Crippen LogP contribution in [0.5, 0.6) is 0 Å². The Labute approximate surface area is 136 Å². The largest absolute Gasteiger partial charge is 0.382 e. The number of methoxy groups -OCH3 is 1. The molecule has 128 valence electrons. The van der Waals surface area contributed by atoms with Crippen molar-refractivity contribution in [2.75, 3.05) is 59.1 Å². The monoisotopic (exact) mass is 322 g/mol. The summed E-state index contributed by atoms with van der Waals surface area (Å²) in [6.45, 7) is 8.95. The molecule has 0 amide bonds. The van der Waals surface area contributed by atoms with Crippen molar-refractivity contribution in [3.8, 4) is 0 Å². The second-order valence-corrected chi connectivity index (χ2v) is 5.74. The molecule has 0 fully saturated rings. The molecule has 0 aliphatic rings. The molecular weight excluding hydrogens is 288 g/mol. The fourth-order valence-electron chi connectivity index (χ4n) is 2.40. The van der Waals surface area contributed by atoms with E-state index in [-0.39, 0.29) is 5.41 Å². The van der Waals surface area contributed by atoms with Crippen molar-refractivity contribution >= 4 is 12.6 Å². The molecule has 21 heavy (non-hydrogen) atoms. The molecule has 4 nitrogen and oxygen atoms in total. The summed E-state index contributed by atoms with van der Waals surface area (Å²) in [5.74, 6) is 0.892. The van der Waals surface area contributed by atoms with Gasteiger partial charge < -0.3 is 18.9 Å². The normalized spacial score (nSPS) is 12.0. The van der Waals surface area contributed by atoms with Crippen LogP contribution in [0.15, 0.2) is 0 Å². The summed E-state index contributed by atoms with van der Waals surface area (Å²) in [6.07, 6.45) is 4.72. The Bertz CT molecular complexity index is 208. The predicted molar refractivity (Wildman–Crippen MR) is 90.4 cm³/mol. The van der Waals surface area contributed by atoms with Gasteiger partial charge in [0.1, 0.15) is 0 Å². The molecule has 0 spiro atoms. The zero-order chi connectivity index (χ0) is 15.8. The second kappa shape index (κ2) is 15.1. The molecule has 0 saturated heterocycles. The van der Waals surface area contributed by atoms with Gasteiger partial charge in [-0.2, -0.15) is 12.6 Å². The maximum absolute atomic E-state index is 5.81. The average Bonchev–Trinajstić information content (AvgIpc) is 2.49. The van der Waals surface area contributed by atoms with Gasteiger partial charge in [-0.3, -0.25) is 0 Å². The highest BCUT2D eigenvalue weighted by atomic mass is 32.1. The van der Waals surface area contributed by atoms with Gasteiger partial charge in [0, 0.05) is 12.5 Å². The van der Waals surface area contributed by atoms with Crippen LogP contribution in [0.25, 0.3) is 0 Å². The van der Waals surface area contributed by atoms with Crippen molar-refractivity contribution < 1.29 is 18.9 Å². The van der Waals surface area contributed by atoms with Gasteiger partial charge in [0.2, 0.25) is 0 Å². The molecule has 0 aliphatic heterocycles. The Hall–Kier alpha value is 0.190. The molecule has 0 N–H and O–H groups in total. The third-order valence-electron chi connectivity index (χ3n) is 3.48. The van der Waals surface area contributed by atoms with Crippen LogP contribution in [0.2, 0.25) is 0 Å². The van der Waals surface area contributed by atoms with E-state index in [4.69, 9.17) is 18.9 Å². The fraction of sp³-hybridized carbons (Fsp3) is 1.00. The van der Waals surface area contributed by atoms with E-state index in [2.05, 4.69) is 26.5 Å². The Morgan fingerprint density at radius 1 is 0.762 bits per heavy atom. The highest BCUT2D eigenvalue weighted by Crippen LogP contribution is 2.31. The van der Waals surface area contributed by atoms with Gasteiger partial charge in [-0.1, -0.05) is 26.7 Å². The van der Waals surface area contributed by atoms with Gasteiger partial charge in [-0.15, -0.1) is 0 Å². The second-order valence-electron chi connectivity index (χ2n) is 5.43. The minimum Gasteiger partial charge on any atom is -0.382 e. The summed E-state index contributed by atoms with van der Waals surface area (Å²) in [5, 5.41) is 0.